The van der Waals surface area contributed by atoms with Crippen LogP contribution in [0.25, 0.3) is 0 Å². The van der Waals surface area contributed by atoms with E-state index in [2.05, 4.69) is 10.1 Å². The van der Waals surface area contributed by atoms with Crippen molar-refractivity contribution in [3.63, 3.8) is 0 Å². The third-order valence-corrected chi connectivity index (χ3v) is 4.20. The van der Waals surface area contributed by atoms with Crippen LogP contribution in [0.3, 0.4) is 0 Å². The van der Waals surface area contributed by atoms with Gasteiger partial charge in [-0.25, -0.2) is 0 Å². The molecule has 0 aliphatic heterocycles. The van der Waals surface area contributed by atoms with Crippen molar-refractivity contribution in [2.45, 2.75) is 25.1 Å². The largest absolute Gasteiger partial charge is 0.435 e. The fraction of sp³-hybridized carbons (Fsp3) is 0.438. The van der Waals surface area contributed by atoms with Gasteiger partial charge in [0.1, 0.15) is 0 Å². The first-order valence-corrected chi connectivity index (χ1v) is 7.52. The summed E-state index contributed by atoms with van der Waals surface area (Å²) < 4.78 is 40.1. The van der Waals surface area contributed by atoms with Crippen LogP contribution in [0.1, 0.15) is 29.2 Å². The highest BCUT2D eigenvalue weighted by molar-refractivity contribution is 5.82. The standard InChI is InChI=1S/C16H17F3N4O/c1-22(8-11-9-23(2)21-14(11)16(17,18)19)15(24)13-7-12(13)10-3-5-20-6-4-10/h3-6,9,12-13H,7-8H2,1-2H3/t12-,13+/m0/s1. The molecule has 0 spiro atoms. The van der Waals surface area contributed by atoms with Crippen molar-refractivity contribution < 1.29 is 18.0 Å². The van der Waals surface area contributed by atoms with E-state index >= 15 is 0 Å². The number of carbonyl (C=O) groups excluding carboxylic acids is 1. The second-order valence-corrected chi connectivity index (χ2v) is 6.10. The number of hydrogen-bond donors (Lipinski definition) is 0. The minimum atomic E-state index is -4.53. The molecule has 1 amide bonds. The van der Waals surface area contributed by atoms with Crippen molar-refractivity contribution >= 4 is 5.91 Å². The van der Waals surface area contributed by atoms with Crippen molar-refractivity contribution in [3.05, 3.63) is 47.5 Å². The Morgan fingerprint density at radius 2 is 2.04 bits per heavy atom. The molecule has 1 saturated carbocycles. The monoisotopic (exact) mass is 338 g/mol. The Morgan fingerprint density at radius 1 is 1.38 bits per heavy atom. The Balaban J connectivity index is 1.68. The van der Waals surface area contributed by atoms with E-state index in [9.17, 15) is 18.0 Å². The molecule has 1 aliphatic carbocycles. The van der Waals surface area contributed by atoms with Crippen LogP contribution in [0.5, 0.6) is 0 Å². The molecule has 5 nitrogen and oxygen atoms in total. The van der Waals surface area contributed by atoms with E-state index in [1.54, 1.807) is 12.4 Å². The summed E-state index contributed by atoms with van der Waals surface area (Å²) in [6, 6.07) is 3.72. The number of hydrogen-bond acceptors (Lipinski definition) is 3. The van der Waals surface area contributed by atoms with Crippen LogP contribution in [0.4, 0.5) is 13.2 Å². The molecule has 3 rings (SSSR count). The number of rotatable bonds is 4. The summed E-state index contributed by atoms with van der Waals surface area (Å²) in [4.78, 5) is 17.7. The fourth-order valence-electron chi connectivity index (χ4n) is 2.96. The normalized spacial score (nSPS) is 20.0. The average molecular weight is 338 g/mol. The number of aromatic nitrogens is 3. The number of pyridine rings is 1. The molecule has 1 aliphatic rings. The van der Waals surface area contributed by atoms with Gasteiger partial charge in [0.05, 0.1) is 0 Å². The number of carbonyl (C=O) groups is 1. The van der Waals surface area contributed by atoms with E-state index < -0.39 is 11.9 Å². The van der Waals surface area contributed by atoms with E-state index in [1.165, 1.54) is 25.2 Å². The van der Waals surface area contributed by atoms with Crippen LogP contribution in [0.15, 0.2) is 30.7 Å². The van der Waals surface area contributed by atoms with E-state index in [4.69, 9.17) is 0 Å². The highest BCUT2D eigenvalue weighted by Gasteiger charge is 2.45. The molecule has 2 aromatic rings. The molecule has 2 atom stereocenters. The van der Waals surface area contributed by atoms with Gasteiger partial charge in [-0.05, 0) is 30.0 Å². The first kappa shape index (κ1) is 16.5. The maximum atomic E-state index is 13.0. The molecule has 24 heavy (non-hydrogen) atoms. The van der Waals surface area contributed by atoms with E-state index in [-0.39, 0.29) is 29.9 Å². The summed E-state index contributed by atoms with van der Waals surface area (Å²) in [5.41, 5.74) is 0.0993. The van der Waals surface area contributed by atoms with Gasteiger partial charge < -0.3 is 4.90 Å². The predicted molar refractivity (Wildman–Crippen MR) is 79.8 cm³/mol. The van der Waals surface area contributed by atoms with Gasteiger partial charge in [-0.1, -0.05) is 0 Å². The highest BCUT2D eigenvalue weighted by Crippen LogP contribution is 2.48. The number of aryl methyl sites for hydroxylation is 1. The zero-order valence-corrected chi connectivity index (χ0v) is 13.3. The van der Waals surface area contributed by atoms with Gasteiger partial charge in [-0.2, -0.15) is 18.3 Å². The third-order valence-electron chi connectivity index (χ3n) is 4.20. The van der Waals surface area contributed by atoms with E-state index in [1.807, 2.05) is 12.1 Å². The second-order valence-electron chi connectivity index (χ2n) is 6.10. The maximum absolute atomic E-state index is 13.0. The minimum absolute atomic E-state index is 0.00182. The Bertz CT molecular complexity index is 742. The molecule has 128 valence electrons. The zero-order valence-electron chi connectivity index (χ0n) is 13.3. The molecule has 2 aromatic heterocycles. The molecule has 0 saturated heterocycles. The molecular formula is C16H17F3N4O. The highest BCUT2D eigenvalue weighted by atomic mass is 19.4. The predicted octanol–water partition coefficient (Wildman–Crippen LogP) is 2.60. The summed E-state index contributed by atoms with van der Waals surface area (Å²) in [6.45, 7) is -0.110. The van der Waals surface area contributed by atoms with Gasteiger partial charge in [0.2, 0.25) is 5.91 Å². The molecule has 0 bridgehead atoms. The topological polar surface area (TPSA) is 51.0 Å². The summed E-state index contributed by atoms with van der Waals surface area (Å²) >= 11 is 0. The summed E-state index contributed by atoms with van der Waals surface area (Å²) in [5, 5.41) is 3.46. The van der Waals surface area contributed by atoms with Crippen molar-refractivity contribution in [2.24, 2.45) is 13.0 Å². The molecule has 0 radical (unpaired) electrons. The Hall–Kier alpha value is -2.38. The molecule has 0 N–H and O–H groups in total. The lowest BCUT2D eigenvalue weighted by Crippen LogP contribution is -2.28. The molecular weight excluding hydrogens is 321 g/mol. The van der Waals surface area contributed by atoms with Gasteiger partial charge >= 0.3 is 6.18 Å². The quantitative estimate of drug-likeness (QED) is 0.861. The van der Waals surface area contributed by atoms with Gasteiger partial charge in [-0.3, -0.25) is 14.5 Å². The summed E-state index contributed by atoms with van der Waals surface area (Å²) in [7, 11) is 2.96. The van der Waals surface area contributed by atoms with Crippen LogP contribution >= 0.6 is 0 Å². The van der Waals surface area contributed by atoms with E-state index in [0.717, 1.165) is 10.2 Å². The Kier molecular flexibility index (Phi) is 4.06. The van der Waals surface area contributed by atoms with E-state index in [0.29, 0.717) is 6.42 Å². The number of halogens is 3. The molecule has 0 aromatic carbocycles. The molecule has 1 fully saturated rings. The van der Waals surface area contributed by atoms with Gasteiger partial charge in [0.25, 0.3) is 0 Å². The molecule has 2 heterocycles. The van der Waals surface area contributed by atoms with Crippen molar-refractivity contribution in [3.8, 4) is 0 Å². The Morgan fingerprint density at radius 3 is 2.67 bits per heavy atom. The summed E-state index contributed by atoms with van der Waals surface area (Å²) in [6.07, 6.45) is 0.833. The third kappa shape index (κ3) is 3.27. The van der Waals surface area contributed by atoms with Crippen LogP contribution < -0.4 is 0 Å². The average Bonchev–Trinajstić information content (AvgIpc) is 3.23. The smallest absolute Gasteiger partial charge is 0.341 e. The Labute approximate surface area is 137 Å². The first-order valence-electron chi connectivity index (χ1n) is 7.52. The number of nitrogens with zero attached hydrogens (tertiary/aromatic N) is 4. The number of amides is 1. The van der Waals surface area contributed by atoms with Gasteiger partial charge in [0.15, 0.2) is 5.69 Å². The van der Waals surface area contributed by atoms with Crippen LogP contribution in [-0.2, 0) is 24.6 Å². The lowest BCUT2D eigenvalue weighted by molar-refractivity contribution is -0.143. The lowest BCUT2D eigenvalue weighted by atomic mass is 10.1. The lowest BCUT2D eigenvalue weighted by Gasteiger charge is -2.17. The molecule has 0 unspecified atom stereocenters. The van der Waals surface area contributed by atoms with Gasteiger partial charge in [-0.15, -0.1) is 0 Å². The van der Waals surface area contributed by atoms with Crippen molar-refractivity contribution in [1.82, 2.24) is 19.7 Å². The van der Waals surface area contributed by atoms with Crippen molar-refractivity contribution in [1.29, 1.82) is 0 Å². The van der Waals surface area contributed by atoms with Crippen LogP contribution in [0.2, 0.25) is 0 Å². The SMILES string of the molecule is CN(Cc1cn(C)nc1C(F)(F)F)C(=O)[C@@H]1C[C@H]1c1ccncc1. The number of alkyl halides is 3. The minimum Gasteiger partial charge on any atom is -0.341 e. The van der Waals surface area contributed by atoms with Crippen LogP contribution in [0, 0.1) is 5.92 Å². The zero-order chi connectivity index (χ0) is 17.5. The second kappa shape index (κ2) is 5.92. The molecule has 8 heteroatoms. The van der Waals surface area contributed by atoms with Crippen molar-refractivity contribution in [2.75, 3.05) is 7.05 Å². The van der Waals surface area contributed by atoms with Gasteiger partial charge in [0, 0.05) is 50.7 Å². The fourth-order valence-corrected chi connectivity index (χ4v) is 2.96. The first-order chi connectivity index (χ1) is 11.3. The summed E-state index contributed by atoms with van der Waals surface area (Å²) in [5.74, 6) is -0.198. The van der Waals surface area contributed by atoms with Crippen LogP contribution in [-0.4, -0.2) is 32.6 Å². The maximum Gasteiger partial charge on any atom is 0.435 e.